The second-order valence-corrected chi connectivity index (χ2v) is 13.7. The van der Waals surface area contributed by atoms with Crippen LogP contribution in [0.2, 0.25) is 0 Å². The van der Waals surface area contributed by atoms with Crippen LogP contribution in [0.1, 0.15) is 70.8 Å². The van der Waals surface area contributed by atoms with Crippen LogP contribution in [0.25, 0.3) is 5.65 Å². The molecule has 2 unspecified atom stereocenters. The average molecular weight is 654 g/mol. The van der Waals surface area contributed by atoms with Gasteiger partial charge in [-0.1, -0.05) is 18.2 Å². The Labute approximate surface area is 263 Å². The molecule has 0 spiro atoms. The standard InChI is InChI=1S/C31H30F3N7O4S/c1-18-6-7-21(25(13-27(42)43)24-8-10-41-28(19(24)2)37-38-30(41)31(32,33)34)12-22(18)16-39-17-23-5-3-4-9-40(23)29-26(46(39,44)45)11-20(14-35)15-36-29/h6-8,10-12,15,23,25H,3-5,9,13,16-17H2,1-2H3,(H,42,43). The monoisotopic (exact) mass is 653 g/mol. The van der Waals surface area contributed by atoms with E-state index in [1.165, 1.54) is 28.8 Å². The highest BCUT2D eigenvalue weighted by atomic mass is 32.2. The highest BCUT2D eigenvalue weighted by Gasteiger charge is 2.40. The Kier molecular flexibility index (Phi) is 7.97. The summed E-state index contributed by atoms with van der Waals surface area (Å²) in [5, 5.41) is 26.4. The van der Waals surface area contributed by atoms with Crippen LogP contribution in [0.3, 0.4) is 0 Å². The van der Waals surface area contributed by atoms with Crippen molar-refractivity contribution in [2.45, 2.75) is 69.1 Å². The maximum atomic E-state index is 14.2. The Morgan fingerprint density at radius 2 is 1.96 bits per heavy atom. The number of nitriles is 1. The van der Waals surface area contributed by atoms with Crippen LogP contribution in [0.5, 0.6) is 0 Å². The number of fused-ring (bicyclic) bond motifs is 4. The van der Waals surface area contributed by atoms with Gasteiger partial charge in [-0.25, -0.2) is 13.4 Å². The maximum Gasteiger partial charge on any atom is 0.452 e. The number of aromatic nitrogens is 4. The fourth-order valence-corrected chi connectivity index (χ4v) is 8.15. The van der Waals surface area contributed by atoms with Gasteiger partial charge in [-0.05, 0) is 73.1 Å². The third-order valence-electron chi connectivity index (χ3n) is 8.89. The van der Waals surface area contributed by atoms with Gasteiger partial charge in [-0.15, -0.1) is 10.2 Å². The molecule has 240 valence electrons. The number of nitrogens with zero attached hydrogens (tertiary/aromatic N) is 7. The van der Waals surface area contributed by atoms with E-state index in [9.17, 15) is 36.8 Å². The van der Waals surface area contributed by atoms with Gasteiger partial charge in [0.1, 0.15) is 16.8 Å². The first-order valence-corrected chi connectivity index (χ1v) is 16.1. The number of benzene rings is 1. The Hall–Kier alpha value is -4.55. The minimum absolute atomic E-state index is 0.0144. The number of aryl methyl sites for hydroxylation is 2. The number of carboxylic acid groups (broad SMARTS) is 1. The number of alkyl halides is 3. The third kappa shape index (κ3) is 5.56. The molecule has 1 aromatic carbocycles. The van der Waals surface area contributed by atoms with Gasteiger partial charge in [-0.2, -0.15) is 22.7 Å². The summed E-state index contributed by atoms with van der Waals surface area (Å²) in [6, 6.07) is 9.97. The van der Waals surface area contributed by atoms with Gasteiger partial charge in [0, 0.05) is 44.0 Å². The summed E-state index contributed by atoms with van der Waals surface area (Å²) in [7, 11) is -4.10. The van der Waals surface area contributed by atoms with E-state index in [-0.39, 0.29) is 41.7 Å². The van der Waals surface area contributed by atoms with Crippen molar-refractivity contribution in [3.63, 3.8) is 0 Å². The van der Waals surface area contributed by atoms with Gasteiger partial charge in [0.25, 0.3) is 0 Å². The molecule has 11 nitrogen and oxygen atoms in total. The van der Waals surface area contributed by atoms with Crippen molar-refractivity contribution < 1.29 is 31.5 Å². The molecule has 6 rings (SSSR count). The number of aliphatic carboxylic acids is 1. The zero-order valence-corrected chi connectivity index (χ0v) is 25.8. The zero-order chi connectivity index (χ0) is 33.0. The molecular weight excluding hydrogens is 623 g/mol. The second-order valence-electron chi connectivity index (χ2n) is 11.7. The van der Waals surface area contributed by atoms with Gasteiger partial charge in [0.15, 0.2) is 5.65 Å². The first kappa shape index (κ1) is 31.4. The Bertz CT molecular complexity index is 2010. The molecule has 0 aliphatic carbocycles. The summed E-state index contributed by atoms with van der Waals surface area (Å²) in [4.78, 5) is 18.4. The third-order valence-corrected chi connectivity index (χ3v) is 10.7. The van der Waals surface area contributed by atoms with Crippen LogP contribution in [-0.4, -0.2) is 62.5 Å². The highest BCUT2D eigenvalue weighted by molar-refractivity contribution is 7.89. The number of pyridine rings is 2. The number of carboxylic acids is 1. The first-order chi connectivity index (χ1) is 21.8. The smallest absolute Gasteiger partial charge is 0.452 e. The molecule has 0 radical (unpaired) electrons. The van der Waals surface area contributed by atoms with Crippen molar-refractivity contribution in [2.75, 3.05) is 18.0 Å². The summed E-state index contributed by atoms with van der Waals surface area (Å²) >= 11 is 0. The molecule has 0 saturated carbocycles. The van der Waals surface area contributed by atoms with Gasteiger partial charge in [0.2, 0.25) is 15.8 Å². The Morgan fingerprint density at radius 3 is 2.67 bits per heavy atom. The molecule has 3 aromatic heterocycles. The van der Waals surface area contributed by atoms with Crippen molar-refractivity contribution in [3.8, 4) is 6.07 Å². The van der Waals surface area contributed by atoms with E-state index >= 15 is 0 Å². The summed E-state index contributed by atoms with van der Waals surface area (Å²) < 4.78 is 71.0. The van der Waals surface area contributed by atoms with Gasteiger partial charge < -0.3 is 10.0 Å². The Morgan fingerprint density at radius 1 is 1.17 bits per heavy atom. The van der Waals surface area contributed by atoms with Gasteiger partial charge in [-0.3, -0.25) is 9.20 Å². The van der Waals surface area contributed by atoms with Gasteiger partial charge >= 0.3 is 12.1 Å². The molecule has 46 heavy (non-hydrogen) atoms. The molecule has 1 fully saturated rings. The zero-order valence-electron chi connectivity index (χ0n) is 25.0. The van der Waals surface area contributed by atoms with Crippen molar-refractivity contribution >= 4 is 27.5 Å². The number of rotatable bonds is 6. The van der Waals surface area contributed by atoms with E-state index in [0.717, 1.165) is 29.2 Å². The fraction of sp³-hybridized carbons (Fsp3) is 0.387. The van der Waals surface area contributed by atoms with E-state index < -0.39 is 33.9 Å². The van der Waals surface area contributed by atoms with E-state index in [1.807, 2.05) is 17.9 Å². The van der Waals surface area contributed by atoms with Crippen molar-refractivity contribution in [1.82, 2.24) is 23.9 Å². The number of hydrogen-bond donors (Lipinski definition) is 1. The molecule has 2 aliphatic rings. The molecule has 2 atom stereocenters. The van der Waals surface area contributed by atoms with Crippen LogP contribution in [0.4, 0.5) is 19.0 Å². The molecule has 0 amide bonds. The average Bonchev–Trinajstić information content (AvgIpc) is 3.44. The lowest BCUT2D eigenvalue weighted by molar-refractivity contribution is -0.145. The van der Waals surface area contributed by atoms with Crippen molar-refractivity contribution in [3.05, 3.63) is 81.9 Å². The molecule has 5 heterocycles. The van der Waals surface area contributed by atoms with Crippen molar-refractivity contribution in [1.29, 1.82) is 5.26 Å². The number of piperidine rings is 1. The SMILES string of the molecule is Cc1ccc(C(CC(=O)O)c2ccn3c(C(F)(F)F)nnc3c2C)cc1CN1CC2CCCCN2c2ncc(C#N)cc2S1(=O)=O. The summed E-state index contributed by atoms with van der Waals surface area (Å²) in [5.41, 5.74) is 2.90. The lowest BCUT2D eigenvalue weighted by atomic mass is 9.85. The van der Waals surface area contributed by atoms with Crippen LogP contribution in [0, 0.1) is 25.2 Å². The van der Waals surface area contributed by atoms with Crippen molar-refractivity contribution in [2.24, 2.45) is 0 Å². The topological polar surface area (TPSA) is 145 Å². The molecule has 15 heteroatoms. The minimum Gasteiger partial charge on any atom is -0.481 e. The van der Waals surface area contributed by atoms with Crippen LogP contribution in [-0.2, 0) is 27.5 Å². The molecule has 1 N–H and O–H groups in total. The quantitative estimate of drug-likeness (QED) is 0.310. The number of anilines is 1. The molecule has 0 bridgehead atoms. The number of carbonyl (C=O) groups is 1. The van der Waals surface area contributed by atoms with Crippen LogP contribution in [0.15, 0.2) is 47.6 Å². The predicted octanol–water partition coefficient (Wildman–Crippen LogP) is 4.80. The van der Waals surface area contributed by atoms with Gasteiger partial charge in [0.05, 0.1) is 12.0 Å². The van der Waals surface area contributed by atoms with E-state index in [2.05, 4.69) is 15.2 Å². The summed E-state index contributed by atoms with van der Waals surface area (Å²) in [6.07, 6.45) is 0.0737. The second kappa shape index (κ2) is 11.7. The molecular formula is C31H30F3N7O4S. The number of halogens is 3. The Balaban J connectivity index is 1.41. The lowest BCUT2D eigenvalue weighted by Gasteiger charge is -2.36. The number of sulfonamides is 1. The summed E-state index contributed by atoms with van der Waals surface area (Å²) in [6.45, 7) is 4.24. The summed E-state index contributed by atoms with van der Waals surface area (Å²) in [5.74, 6) is -2.73. The number of hydrogen-bond acceptors (Lipinski definition) is 8. The first-order valence-electron chi connectivity index (χ1n) is 14.7. The van der Waals surface area contributed by atoms with E-state index in [0.29, 0.717) is 34.6 Å². The minimum atomic E-state index is -4.73. The largest absolute Gasteiger partial charge is 0.481 e. The van der Waals surface area contributed by atoms with Crippen LogP contribution >= 0.6 is 0 Å². The van der Waals surface area contributed by atoms with E-state index in [4.69, 9.17) is 0 Å². The molecule has 4 aromatic rings. The fourth-order valence-electron chi connectivity index (χ4n) is 6.51. The predicted molar refractivity (Wildman–Crippen MR) is 160 cm³/mol. The lowest BCUT2D eigenvalue weighted by Crippen LogP contribution is -2.45. The highest BCUT2D eigenvalue weighted by Crippen LogP contribution is 2.38. The molecule has 1 saturated heterocycles. The van der Waals surface area contributed by atoms with E-state index in [1.54, 1.807) is 25.1 Å². The maximum absolute atomic E-state index is 14.2. The normalized spacial score (nSPS) is 18.8. The van der Waals surface area contributed by atoms with Crippen LogP contribution < -0.4 is 4.90 Å². The molecule has 2 aliphatic heterocycles.